The van der Waals surface area contributed by atoms with E-state index in [9.17, 15) is 9.18 Å². The first-order valence-electron chi connectivity index (χ1n) is 7.06. The lowest BCUT2D eigenvalue weighted by Crippen LogP contribution is -2.43. The van der Waals surface area contributed by atoms with Crippen LogP contribution < -0.4 is 0 Å². The molecule has 3 rings (SSSR count). The smallest absolute Gasteiger partial charge is 0.230 e. The summed E-state index contributed by atoms with van der Waals surface area (Å²) >= 11 is 0. The highest BCUT2D eigenvalue weighted by atomic mass is 19.1. The van der Waals surface area contributed by atoms with Gasteiger partial charge in [-0.3, -0.25) is 4.79 Å². The maximum Gasteiger partial charge on any atom is 0.230 e. The number of morpholine rings is 1. The van der Waals surface area contributed by atoms with Crippen LogP contribution in [0, 0.1) is 12.7 Å². The van der Waals surface area contributed by atoms with E-state index in [1.165, 1.54) is 6.07 Å². The van der Waals surface area contributed by atoms with Gasteiger partial charge in [-0.15, -0.1) is 0 Å². The number of carbonyl (C=O) groups is 1. The van der Waals surface area contributed by atoms with Gasteiger partial charge in [-0.25, -0.2) is 4.39 Å². The zero-order chi connectivity index (χ0) is 15.5. The van der Waals surface area contributed by atoms with Crippen LogP contribution in [-0.4, -0.2) is 40.6 Å². The molecular weight excluding hydrogens is 289 g/mol. The van der Waals surface area contributed by atoms with E-state index in [-0.39, 0.29) is 18.1 Å². The Morgan fingerprint density at radius 2 is 2.27 bits per heavy atom. The summed E-state index contributed by atoms with van der Waals surface area (Å²) in [6.07, 6.45) is -0.382. The van der Waals surface area contributed by atoms with Crippen LogP contribution in [0.5, 0.6) is 0 Å². The van der Waals surface area contributed by atoms with E-state index in [0.717, 1.165) is 0 Å². The fourth-order valence-corrected chi connectivity index (χ4v) is 2.46. The fraction of sp³-hybridized carbons (Fsp3) is 0.400. The normalized spacial score (nSPS) is 18.5. The van der Waals surface area contributed by atoms with Gasteiger partial charge in [0, 0.05) is 19.0 Å². The van der Waals surface area contributed by atoms with Gasteiger partial charge in [0.1, 0.15) is 11.9 Å². The van der Waals surface area contributed by atoms with E-state index in [1.807, 2.05) is 0 Å². The van der Waals surface area contributed by atoms with Gasteiger partial charge in [0.15, 0.2) is 5.82 Å². The zero-order valence-electron chi connectivity index (χ0n) is 12.2. The molecule has 2 aromatic rings. The second-order valence-electron chi connectivity index (χ2n) is 5.13. The highest BCUT2D eigenvalue weighted by Gasteiger charge is 2.27. The first-order chi connectivity index (χ1) is 10.6. The number of hydrogen-bond donors (Lipinski definition) is 0. The van der Waals surface area contributed by atoms with Gasteiger partial charge in [-0.1, -0.05) is 23.4 Å². The van der Waals surface area contributed by atoms with Crippen LogP contribution in [0.4, 0.5) is 4.39 Å². The zero-order valence-corrected chi connectivity index (χ0v) is 12.2. The topological polar surface area (TPSA) is 68.5 Å². The molecular formula is C15H16FN3O3. The Morgan fingerprint density at radius 1 is 1.45 bits per heavy atom. The second kappa shape index (κ2) is 6.23. The summed E-state index contributed by atoms with van der Waals surface area (Å²) in [5.41, 5.74) is 0.468. The Bertz CT molecular complexity index is 674. The Morgan fingerprint density at radius 3 is 3.00 bits per heavy atom. The molecule has 22 heavy (non-hydrogen) atoms. The molecule has 1 aliphatic heterocycles. The van der Waals surface area contributed by atoms with Crippen LogP contribution in [0.15, 0.2) is 28.8 Å². The molecule has 0 spiro atoms. The number of hydrogen-bond acceptors (Lipinski definition) is 5. The van der Waals surface area contributed by atoms with Crippen LogP contribution in [0.2, 0.25) is 0 Å². The largest absolute Gasteiger partial charge is 0.370 e. The number of nitrogens with zero attached hydrogens (tertiary/aromatic N) is 3. The molecule has 1 amide bonds. The van der Waals surface area contributed by atoms with Crippen molar-refractivity contribution in [3.05, 3.63) is 47.4 Å². The Labute approximate surface area is 126 Å². The van der Waals surface area contributed by atoms with E-state index in [2.05, 4.69) is 10.1 Å². The number of aromatic nitrogens is 2. The Hall–Kier alpha value is -2.28. The minimum atomic E-state index is -0.453. The van der Waals surface area contributed by atoms with Crippen molar-refractivity contribution in [1.29, 1.82) is 0 Å². The second-order valence-corrected chi connectivity index (χ2v) is 5.13. The lowest BCUT2D eigenvalue weighted by molar-refractivity contribution is -0.138. The monoisotopic (exact) mass is 305 g/mol. The molecule has 0 radical (unpaired) electrons. The summed E-state index contributed by atoms with van der Waals surface area (Å²) in [4.78, 5) is 18.0. The molecule has 6 nitrogen and oxygen atoms in total. The summed E-state index contributed by atoms with van der Waals surface area (Å²) in [6.45, 7) is 2.83. The summed E-state index contributed by atoms with van der Waals surface area (Å²) in [6, 6.07) is 6.45. The molecule has 116 valence electrons. The van der Waals surface area contributed by atoms with Crippen LogP contribution in [-0.2, 0) is 16.0 Å². The number of carbonyl (C=O) groups excluding carboxylic acids is 1. The van der Waals surface area contributed by atoms with E-state index in [0.29, 0.717) is 37.0 Å². The maximum absolute atomic E-state index is 13.8. The van der Waals surface area contributed by atoms with Gasteiger partial charge >= 0.3 is 0 Å². The third kappa shape index (κ3) is 3.14. The van der Waals surface area contributed by atoms with Crippen molar-refractivity contribution in [2.45, 2.75) is 19.4 Å². The van der Waals surface area contributed by atoms with Crippen LogP contribution in [0.1, 0.15) is 23.4 Å². The third-order valence-electron chi connectivity index (χ3n) is 3.55. The van der Waals surface area contributed by atoms with Crippen molar-refractivity contribution >= 4 is 5.91 Å². The number of ether oxygens (including phenoxy) is 1. The molecule has 1 saturated heterocycles. The van der Waals surface area contributed by atoms with E-state index < -0.39 is 6.10 Å². The van der Waals surface area contributed by atoms with Gasteiger partial charge in [0.25, 0.3) is 0 Å². The van der Waals surface area contributed by atoms with Crippen molar-refractivity contribution in [2.24, 2.45) is 0 Å². The molecule has 2 heterocycles. The fourth-order valence-electron chi connectivity index (χ4n) is 2.46. The summed E-state index contributed by atoms with van der Waals surface area (Å²) in [7, 11) is 0. The minimum absolute atomic E-state index is 0.0708. The van der Waals surface area contributed by atoms with Crippen molar-refractivity contribution in [3.8, 4) is 0 Å². The van der Waals surface area contributed by atoms with Gasteiger partial charge in [0.05, 0.1) is 19.6 Å². The van der Waals surface area contributed by atoms with E-state index in [1.54, 1.807) is 30.0 Å². The van der Waals surface area contributed by atoms with Crippen LogP contribution in [0.25, 0.3) is 0 Å². The molecule has 1 unspecified atom stereocenters. The molecule has 1 atom stereocenters. The third-order valence-corrected chi connectivity index (χ3v) is 3.55. The molecule has 7 heteroatoms. The van der Waals surface area contributed by atoms with Gasteiger partial charge in [-0.05, 0) is 6.07 Å². The molecule has 0 saturated carbocycles. The van der Waals surface area contributed by atoms with Crippen molar-refractivity contribution in [3.63, 3.8) is 0 Å². The first-order valence-corrected chi connectivity index (χ1v) is 7.06. The standard InChI is InChI=1S/C15H16FN3O3/c1-10-17-14(18-22-10)8-15(20)19-6-7-21-13(9-19)11-4-2-3-5-12(11)16/h2-5,13H,6-9H2,1H3. The predicted molar refractivity (Wildman–Crippen MR) is 74.4 cm³/mol. The molecule has 1 fully saturated rings. The summed E-state index contributed by atoms with van der Waals surface area (Å²) in [5, 5.41) is 3.72. The Balaban J connectivity index is 1.67. The molecule has 0 bridgehead atoms. The van der Waals surface area contributed by atoms with Crippen LogP contribution >= 0.6 is 0 Å². The highest BCUT2D eigenvalue weighted by Crippen LogP contribution is 2.24. The lowest BCUT2D eigenvalue weighted by atomic mass is 10.1. The van der Waals surface area contributed by atoms with E-state index in [4.69, 9.17) is 9.26 Å². The predicted octanol–water partition coefficient (Wildman–Crippen LogP) is 1.66. The van der Waals surface area contributed by atoms with Crippen molar-refractivity contribution in [2.75, 3.05) is 19.7 Å². The molecule has 1 aromatic carbocycles. The number of amides is 1. The van der Waals surface area contributed by atoms with Crippen molar-refractivity contribution < 1.29 is 18.4 Å². The minimum Gasteiger partial charge on any atom is -0.370 e. The van der Waals surface area contributed by atoms with E-state index >= 15 is 0 Å². The average molecular weight is 305 g/mol. The number of aryl methyl sites for hydroxylation is 1. The number of rotatable bonds is 3. The van der Waals surface area contributed by atoms with Crippen molar-refractivity contribution in [1.82, 2.24) is 15.0 Å². The molecule has 1 aromatic heterocycles. The number of halogens is 1. The van der Waals surface area contributed by atoms with Gasteiger partial charge < -0.3 is 14.2 Å². The summed E-state index contributed by atoms with van der Waals surface area (Å²) in [5.74, 6) is 0.339. The average Bonchev–Trinajstić information content (AvgIpc) is 2.93. The molecule has 0 N–H and O–H groups in total. The highest BCUT2D eigenvalue weighted by molar-refractivity contribution is 5.78. The maximum atomic E-state index is 13.8. The van der Waals surface area contributed by atoms with Crippen LogP contribution in [0.3, 0.4) is 0 Å². The molecule has 0 aliphatic carbocycles. The molecule has 1 aliphatic rings. The Kier molecular flexibility index (Phi) is 4.15. The van der Waals surface area contributed by atoms with Gasteiger partial charge in [-0.2, -0.15) is 4.98 Å². The number of benzene rings is 1. The quantitative estimate of drug-likeness (QED) is 0.862. The first kappa shape index (κ1) is 14.6. The van der Waals surface area contributed by atoms with Gasteiger partial charge in [0.2, 0.25) is 11.8 Å². The SMILES string of the molecule is Cc1nc(CC(=O)N2CCOC(c3ccccc3F)C2)no1. The summed E-state index contributed by atoms with van der Waals surface area (Å²) < 4.78 is 24.3. The lowest BCUT2D eigenvalue weighted by Gasteiger charge is -2.33.